The van der Waals surface area contributed by atoms with Crippen molar-refractivity contribution in [2.24, 2.45) is 0 Å². The van der Waals surface area contributed by atoms with Crippen LogP contribution in [0.5, 0.6) is 0 Å². The van der Waals surface area contributed by atoms with Crippen molar-refractivity contribution in [2.45, 2.75) is 26.4 Å². The van der Waals surface area contributed by atoms with Gasteiger partial charge in [0, 0.05) is 18.9 Å². The van der Waals surface area contributed by atoms with E-state index >= 15 is 0 Å². The first-order valence-electron chi connectivity index (χ1n) is 5.30. The maximum Gasteiger partial charge on any atom is 0.203 e. The minimum absolute atomic E-state index is 0.369. The quantitative estimate of drug-likeness (QED) is 0.791. The molecule has 0 amide bonds. The first kappa shape index (κ1) is 10.8. The van der Waals surface area contributed by atoms with Crippen LogP contribution in [0, 0.1) is 6.92 Å². The molecule has 2 N–H and O–H groups in total. The summed E-state index contributed by atoms with van der Waals surface area (Å²) < 4.78 is 1.85. The summed E-state index contributed by atoms with van der Waals surface area (Å²) in [5.41, 5.74) is 0.684. The van der Waals surface area contributed by atoms with E-state index in [0.29, 0.717) is 24.4 Å². The summed E-state index contributed by atoms with van der Waals surface area (Å²) in [7, 11) is 0. The van der Waals surface area contributed by atoms with Crippen LogP contribution in [0.1, 0.15) is 19.2 Å². The zero-order valence-electron chi connectivity index (χ0n) is 9.38. The first-order valence-corrected chi connectivity index (χ1v) is 5.30. The molecule has 2 aromatic rings. The monoisotopic (exact) mass is 221 g/mol. The highest BCUT2D eigenvalue weighted by Gasteiger charge is 2.08. The molecule has 0 spiro atoms. The Morgan fingerprint density at radius 3 is 3.06 bits per heavy atom. The summed E-state index contributed by atoms with van der Waals surface area (Å²) in [5.74, 6) is 1.46. The predicted molar refractivity (Wildman–Crippen MR) is 60.3 cm³/mol. The maximum atomic E-state index is 9.46. The Bertz CT molecular complexity index is 481. The molecule has 0 aliphatic carbocycles. The van der Waals surface area contributed by atoms with Gasteiger partial charge >= 0.3 is 0 Å². The summed E-state index contributed by atoms with van der Waals surface area (Å²) in [5, 5.41) is 20.5. The van der Waals surface area contributed by atoms with Gasteiger partial charge < -0.3 is 10.4 Å². The molecule has 1 unspecified atom stereocenters. The SMILES string of the molecule is CCC(O)CNc1nccn2c(C)nnc12. The molecule has 2 rings (SSSR count). The molecule has 2 heterocycles. The van der Waals surface area contributed by atoms with E-state index in [1.807, 2.05) is 24.4 Å². The average molecular weight is 221 g/mol. The number of aryl methyl sites for hydroxylation is 1. The third-order valence-electron chi connectivity index (χ3n) is 2.47. The van der Waals surface area contributed by atoms with Gasteiger partial charge in [-0.1, -0.05) is 6.92 Å². The second-order valence-corrected chi connectivity index (χ2v) is 3.66. The van der Waals surface area contributed by atoms with Gasteiger partial charge in [-0.2, -0.15) is 0 Å². The van der Waals surface area contributed by atoms with E-state index in [-0.39, 0.29) is 6.10 Å². The highest BCUT2D eigenvalue weighted by molar-refractivity contribution is 5.61. The Morgan fingerprint density at radius 2 is 2.31 bits per heavy atom. The van der Waals surface area contributed by atoms with Crippen LogP contribution in [0.25, 0.3) is 5.65 Å². The molecular weight excluding hydrogens is 206 g/mol. The molecular formula is C10H15N5O. The van der Waals surface area contributed by atoms with Crippen molar-refractivity contribution in [2.75, 3.05) is 11.9 Å². The second-order valence-electron chi connectivity index (χ2n) is 3.66. The summed E-state index contributed by atoms with van der Waals surface area (Å²) in [6.07, 6.45) is 3.84. The zero-order chi connectivity index (χ0) is 11.5. The molecule has 2 aromatic heterocycles. The lowest BCUT2D eigenvalue weighted by atomic mass is 10.3. The van der Waals surface area contributed by atoms with Gasteiger partial charge in [0.25, 0.3) is 0 Å². The molecule has 0 saturated heterocycles. The molecule has 16 heavy (non-hydrogen) atoms. The molecule has 0 saturated carbocycles. The number of nitrogens with zero attached hydrogens (tertiary/aromatic N) is 4. The minimum Gasteiger partial charge on any atom is -0.391 e. The molecule has 0 aliphatic rings. The molecule has 6 nitrogen and oxygen atoms in total. The maximum absolute atomic E-state index is 9.46. The molecule has 86 valence electrons. The number of hydrogen-bond acceptors (Lipinski definition) is 5. The standard InChI is InChI=1S/C10H15N5O/c1-3-8(16)6-12-9-10-14-13-7(2)15(10)5-4-11-9/h4-5,8,16H,3,6H2,1-2H3,(H,11,12). The van der Waals surface area contributed by atoms with Gasteiger partial charge in [-0.15, -0.1) is 10.2 Å². The minimum atomic E-state index is -0.369. The fourth-order valence-corrected chi connectivity index (χ4v) is 1.43. The number of nitrogens with one attached hydrogen (secondary N) is 1. The molecule has 0 aromatic carbocycles. The normalized spacial score (nSPS) is 12.9. The fourth-order valence-electron chi connectivity index (χ4n) is 1.43. The largest absolute Gasteiger partial charge is 0.391 e. The van der Waals surface area contributed by atoms with E-state index in [9.17, 15) is 5.11 Å². The smallest absolute Gasteiger partial charge is 0.203 e. The number of aliphatic hydroxyl groups is 1. The van der Waals surface area contributed by atoms with E-state index in [0.717, 1.165) is 5.82 Å². The van der Waals surface area contributed by atoms with Crippen LogP contribution in [0.4, 0.5) is 5.82 Å². The second kappa shape index (κ2) is 4.44. The van der Waals surface area contributed by atoms with Crippen molar-refractivity contribution in [3.05, 3.63) is 18.2 Å². The average Bonchev–Trinajstić information content (AvgIpc) is 2.69. The number of anilines is 1. The van der Waals surface area contributed by atoms with E-state index in [2.05, 4.69) is 20.5 Å². The van der Waals surface area contributed by atoms with Crippen LogP contribution in [0.15, 0.2) is 12.4 Å². The van der Waals surface area contributed by atoms with Gasteiger partial charge in [0.1, 0.15) is 5.82 Å². The molecule has 6 heteroatoms. The van der Waals surface area contributed by atoms with Gasteiger partial charge in [0.05, 0.1) is 6.10 Å². The summed E-state index contributed by atoms with van der Waals surface area (Å²) in [6, 6.07) is 0. The molecule has 0 bridgehead atoms. The van der Waals surface area contributed by atoms with Crippen LogP contribution >= 0.6 is 0 Å². The van der Waals surface area contributed by atoms with Crippen LogP contribution < -0.4 is 5.32 Å². The van der Waals surface area contributed by atoms with Crippen molar-refractivity contribution in [1.29, 1.82) is 0 Å². The Labute approximate surface area is 93.3 Å². The number of fused-ring (bicyclic) bond motifs is 1. The number of rotatable bonds is 4. The molecule has 0 fully saturated rings. The van der Waals surface area contributed by atoms with Gasteiger partial charge in [-0.05, 0) is 13.3 Å². The van der Waals surface area contributed by atoms with Crippen molar-refractivity contribution >= 4 is 11.5 Å². The fraction of sp³-hybridized carbons (Fsp3) is 0.500. The summed E-state index contributed by atoms with van der Waals surface area (Å²) >= 11 is 0. The van der Waals surface area contributed by atoms with E-state index < -0.39 is 0 Å². The number of aromatic nitrogens is 4. The van der Waals surface area contributed by atoms with Crippen LogP contribution in [-0.2, 0) is 0 Å². The van der Waals surface area contributed by atoms with Crippen molar-refractivity contribution in [1.82, 2.24) is 19.6 Å². The third-order valence-corrected chi connectivity index (χ3v) is 2.47. The molecule has 0 aliphatic heterocycles. The topological polar surface area (TPSA) is 75.3 Å². The highest BCUT2D eigenvalue weighted by Crippen LogP contribution is 2.11. The van der Waals surface area contributed by atoms with Gasteiger partial charge in [0.15, 0.2) is 5.82 Å². The Hall–Kier alpha value is -1.69. The molecule has 1 atom stereocenters. The Balaban J connectivity index is 2.24. The van der Waals surface area contributed by atoms with Crippen molar-refractivity contribution in [3.8, 4) is 0 Å². The van der Waals surface area contributed by atoms with Gasteiger partial charge in [-0.3, -0.25) is 4.40 Å². The zero-order valence-corrected chi connectivity index (χ0v) is 9.38. The lowest BCUT2D eigenvalue weighted by Gasteiger charge is -2.09. The van der Waals surface area contributed by atoms with Crippen molar-refractivity contribution < 1.29 is 5.11 Å². The summed E-state index contributed by atoms with van der Waals surface area (Å²) in [6.45, 7) is 4.28. The van der Waals surface area contributed by atoms with Crippen molar-refractivity contribution in [3.63, 3.8) is 0 Å². The number of hydrogen-bond donors (Lipinski definition) is 2. The van der Waals surface area contributed by atoms with Gasteiger partial charge in [0.2, 0.25) is 5.65 Å². The highest BCUT2D eigenvalue weighted by atomic mass is 16.3. The Morgan fingerprint density at radius 1 is 1.50 bits per heavy atom. The van der Waals surface area contributed by atoms with Crippen LogP contribution in [0.3, 0.4) is 0 Å². The third kappa shape index (κ3) is 1.96. The van der Waals surface area contributed by atoms with Crippen LogP contribution in [0.2, 0.25) is 0 Å². The summed E-state index contributed by atoms with van der Waals surface area (Å²) in [4.78, 5) is 4.18. The van der Waals surface area contributed by atoms with Gasteiger partial charge in [-0.25, -0.2) is 4.98 Å². The lowest BCUT2D eigenvalue weighted by molar-refractivity contribution is 0.183. The lowest BCUT2D eigenvalue weighted by Crippen LogP contribution is -2.19. The molecule has 0 radical (unpaired) electrons. The van der Waals surface area contributed by atoms with E-state index in [1.54, 1.807) is 6.20 Å². The Kier molecular flexibility index (Phi) is 3.00. The van der Waals surface area contributed by atoms with E-state index in [4.69, 9.17) is 0 Å². The number of aliphatic hydroxyl groups excluding tert-OH is 1. The van der Waals surface area contributed by atoms with E-state index in [1.165, 1.54) is 0 Å². The van der Waals surface area contributed by atoms with Crippen LogP contribution in [-0.4, -0.2) is 37.3 Å². The predicted octanol–water partition coefficient (Wildman–Crippen LogP) is 0.616. The first-order chi connectivity index (χ1) is 7.72.